The number of nitrogens with two attached hydrogens (primary N) is 2. The molecule has 3 aliphatic heterocycles. The number of thiophene rings is 3. The molecule has 7 heterocycles. The van der Waals surface area contributed by atoms with Crippen LogP contribution >= 0.6 is 81.7 Å². The first-order valence-corrected chi connectivity index (χ1v) is 22.0. The van der Waals surface area contributed by atoms with Crippen LogP contribution in [-0.2, 0) is 17.3 Å². The molecule has 5 N–H and O–H groups in total. The number of halogens is 1. The Hall–Kier alpha value is -2.53. The number of rotatable bonds is 2. The van der Waals surface area contributed by atoms with E-state index in [0.717, 1.165) is 39.0 Å². The maximum absolute atomic E-state index is 11.9. The van der Waals surface area contributed by atoms with E-state index in [1.54, 1.807) is 57.5 Å². The summed E-state index contributed by atoms with van der Waals surface area (Å²) in [6.45, 7) is 12.0. The van der Waals surface area contributed by atoms with Crippen molar-refractivity contribution in [2.24, 2.45) is 16.5 Å². The molecule has 0 amide bonds. The van der Waals surface area contributed by atoms with E-state index >= 15 is 0 Å². The molecule has 0 aliphatic carbocycles. The zero-order chi connectivity index (χ0) is 37.6. The molecule has 0 bridgehead atoms. The summed E-state index contributed by atoms with van der Waals surface area (Å²) < 4.78 is 0. The fourth-order valence-electron chi connectivity index (χ4n) is 3.94. The molecule has 0 radical (unpaired) electrons. The summed E-state index contributed by atoms with van der Waals surface area (Å²) in [7, 11) is 7.25. The predicted octanol–water partition coefficient (Wildman–Crippen LogP) is 10.0. The van der Waals surface area contributed by atoms with Crippen LogP contribution in [-0.4, -0.2) is 66.3 Å². The Kier molecular flexibility index (Phi) is 25.8. The van der Waals surface area contributed by atoms with Crippen molar-refractivity contribution in [2.45, 2.75) is 63.7 Å². The highest BCUT2D eigenvalue weighted by molar-refractivity contribution is 8.03. The largest absolute Gasteiger partial charge is 0.382 e. The number of fused-ring (bicyclic) bond motifs is 5. The normalized spacial score (nSPS) is 13.3. The lowest BCUT2D eigenvalue weighted by atomic mass is 10.1. The molecular weight excluding hydrogens is 778 g/mol. The summed E-state index contributed by atoms with van der Waals surface area (Å²) in [6, 6.07) is 6.00. The van der Waals surface area contributed by atoms with Gasteiger partial charge in [-0.25, -0.2) is 9.97 Å². The molecule has 3 aliphatic rings. The van der Waals surface area contributed by atoms with Crippen LogP contribution in [0.2, 0.25) is 0 Å². The molecule has 0 saturated heterocycles. The molecule has 0 spiro atoms. The van der Waals surface area contributed by atoms with Crippen molar-refractivity contribution in [3.05, 3.63) is 77.4 Å². The molecule has 0 saturated carbocycles. The number of nitrogens with one attached hydrogen (secondary N) is 1. The number of hydrogen-bond donors (Lipinski definition) is 3. The summed E-state index contributed by atoms with van der Waals surface area (Å²) in [6.07, 6.45) is 3.80. The Bertz CT molecular complexity index is 1660. The quantitative estimate of drug-likeness (QED) is 0.101. The second-order valence-electron chi connectivity index (χ2n) is 9.36. The molecule has 0 fully saturated rings. The molecule has 7 rings (SSSR count). The van der Waals surface area contributed by atoms with Crippen LogP contribution in [0, 0.1) is 0 Å². The molecule has 0 unspecified atom stereocenters. The number of hydrogen-bond acceptors (Lipinski definition) is 13. The van der Waals surface area contributed by atoms with Gasteiger partial charge in [0.15, 0.2) is 11.7 Å². The van der Waals surface area contributed by atoms with Crippen LogP contribution in [0.15, 0.2) is 61.5 Å². The third-order valence-electron chi connectivity index (χ3n) is 6.06. The second-order valence-corrected chi connectivity index (χ2v) is 15.4. The molecule has 4 aromatic heterocycles. The van der Waals surface area contributed by atoms with Crippen molar-refractivity contribution in [1.82, 2.24) is 14.9 Å². The first kappa shape index (κ1) is 48.5. The fraction of sp³-hybridized carbons (Fsp3) is 0.400. The fourth-order valence-corrected chi connectivity index (χ4v) is 9.97. The number of guanidine groups is 1. The van der Waals surface area contributed by atoms with E-state index in [0.29, 0.717) is 17.5 Å². The maximum atomic E-state index is 11.9. The van der Waals surface area contributed by atoms with Gasteiger partial charge in [-0.15, -0.1) is 81.7 Å². The third-order valence-corrected chi connectivity index (χ3v) is 12.4. The zero-order valence-corrected chi connectivity index (χ0v) is 36.8. The van der Waals surface area contributed by atoms with Crippen molar-refractivity contribution < 1.29 is 9.59 Å². The average molecular weight is 831 g/mol. The number of carbonyl (C=O) groups is 2. The minimum Gasteiger partial charge on any atom is -0.382 e. The van der Waals surface area contributed by atoms with Gasteiger partial charge in [0, 0.05) is 89.2 Å². The molecule has 51 heavy (non-hydrogen) atoms. The number of anilines is 1. The third kappa shape index (κ3) is 15.2. The van der Waals surface area contributed by atoms with Crippen molar-refractivity contribution in [2.75, 3.05) is 39.3 Å². The van der Waals surface area contributed by atoms with Crippen LogP contribution in [0.4, 0.5) is 5.95 Å². The Morgan fingerprint density at radius 2 is 1.33 bits per heavy atom. The van der Waals surface area contributed by atoms with Crippen LogP contribution in [0.25, 0.3) is 11.3 Å². The number of Topliss-reactive ketones (excluding diaryl/α,β-unsaturated/α-hetero) is 2. The van der Waals surface area contributed by atoms with E-state index in [-0.39, 0.29) is 24.1 Å². The number of aromatic nitrogens is 2. The van der Waals surface area contributed by atoms with Crippen molar-refractivity contribution in [1.29, 1.82) is 0 Å². The van der Waals surface area contributed by atoms with Gasteiger partial charge in [-0.05, 0) is 34.3 Å². The van der Waals surface area contributed by atoms with E-state index in [4.69, 9.17) is 11.5 Å². The lowest BCUT2D eigenvalue weighted by Gasteiger charge is -2.15. The number of aliphatic imine (C=N–C) groups is 1. The van der Waals surface area contributed by atoms with Gasteiger partial charge in [-0.2, -0.15) is 0 Å². The number of carbonyl (C=O) groups excluding carboxylic acids is 2. The van der Waals surface area contributed by atoms with Gasteiger partial charge in [-0.1, -0.05) is 41.5 Å². The van der Waals surface area contributed by atoms with E-state index in [9.17, 15) is 9.59 Å². The minimum atomic E-state index is 0. The molecule has 4 aromatic rings. The predicted molar refractivity (Wildman–Crippen MR) is 234 cm³/mol. The number of ketones is 2. The summed E-state index contributed by atoms with van der Waals surface area (Å²) in [4.78, 5) is 42.9. The van der Waals surface area contributed by atoms with Gasteiger partial charge < -0.3 is 21.7 Å². The summed E-state index contributed by atoms with van der Waals surface area (Å²) in [5.74, 6) is 4.96. The Morgan fingerprint density at radius 1 is 0.824 bits per heavy atom. The van der Waals surface area contributed by atoms with E-state index in [1.165, 1.54) is 32.1 Å². The highest BCUT2D eigenvalue weighted by Gasteiger charge is 2.23. The molecule has 282 valence electrons. The molecule has 9 nitrogen and oxygen atoms in total. The lowest BCUT2D eigenvalue weighted by molar-refractivity contribution is 0.101. The first-order chi connectivity index (χ1) is 24.2. The van der Waals surface area contributed by atoms with Crippen molar-refractivity contribution in [3.8, 4) is 11.3 Å². The zero-order valence-electron chi connectivity index (χ0n) is 31.1. The highest BCUT2D eigenvalue weighted by Crippen LogP contribution is 2.42. The topological polar surface area (TPSA) is 140 Å². The summed E-state index contributed by atoms with van der Waals surface area (Å²) >= 11 is 10.3. The second kappa shape index (κ2) is 27.1. The number of thioether (sulfide) groups is 3. The van der Waals surface area contributed by atoms with Gasteiger partial charge in [0.25, 0.3) is 0 Å². The van der Waals surface area contributed by atoms with E-state index in [1.807, 2.05) is 115 Å². The SMILES string of the molecule is CC.CC.CC.CN(C)/C=C1/SCc2sccc2C1=O.CN=C(N)N.CNc1ncc2c(n1)-c1ccsc1CS2.Cl.O=C1CSCc2sccc21. The summed E-state index contributed by atoms with van der Waals surface area (Å²) in [5.41, 5.74) is 13.8. The standard InChI is InChI=1S/C10H9N3S2.C10H11NOS2.C7H6OS2.C2H7N3.3C2H6.ClH/c1-11-10-12-4-7-9(13-10)6-2-3-14-8(6)5-15-7;1-11(2)5-8-10(12)7-3-4-13-9(7)6-14-8;8-6-3-9-4-7-5(6)1-2-10-7;1-5-2(3)4;3*1-2;/h2-4H,5H2,1H3,(H,11,12,13);3-5H,6H2,1-2H3;1-2H,3-4H2;1H3,(H4,3,4,5);3*1-2H3;1H/b;8-5+;;;;;;. The molecule has 16 heteroatoms. The number of nitrogens with zero attached hydrogens (tertiary/aromatic N) is 4. The smallest absolute Gasteiger partial charge is 0.223 e. The Labute approximate surface area is 335 Å². The van der Waals surface area contributed by atoms with Crippen LogP contribution in [0.5, 0.6) is 0 Å². The monoisotopic (exact) mass is 829 g/mol. The van der Waals surface area contributed by atoms with Crippen LogP contribution < -0.4 is 16.8 Å². The average Bonchev–Trinajstić information content (AvgIpc) is 3.95. The van der Waals surface area contributed by atoms with E-state index in [2.05, 4.69) is 31.7 Å². The van der Waals surface area contributed by atoms with Gasteiger partial charge in [-0.3, -0.25) is 14.6 Å². The van der Waals surface area contributed by atoms with Gasteiger partial charge in [0.2, 0.25) is 11.7 Å². The maximum Gasteiger partial charge on any atom is 0.223 e. The van der Waals surface area contributed by atoms with Gasteiger partial charge >= 0.3 is 0 Å². The number of allylic oxidation sites excluding steroid dienone is 1. The van der Waals surface area contributed by atoms with E-state index < -0.39 is 0 Å². The van der Waals surface area contributed by atoms with Crippen LogP contribution in [0.1, 0.15) is 76.9 Å². The Balaban J connectivity index is 0.000000647. The highest BCUT2D eigenvalue weighted by atomic mass is 35.5. The summed E-state index contributed by atoms with van der Waals surface area (Å²) in [5, 5.41) is 9.08. The van der Waals surface area contributed by atoms with Crippen LogP contribution in [0.3, 0.4) is 0 Å². The Morgan fingerprint density at radius 3 is 1.86 bits per heavy atom. The lowest BCUT2D eigenvalue weighted by Crippen LogP contribution is -2.21. The first-order valence-electron chi connectivity index (χ1n) is 16.2. The van der Waals surface area contributed by atoms with Gasteiger partial charge in [0.05, 0.1) is 21.2 Å². The van der Waals surface area contributed by atoms with Gasteiger partial charge in [0.1, 0.15) is 0 Å². The molecule has 0 atom stereocenters. The molecular formula is C35H52ClN7O2S6. The van der Waals surface area contributed by atoms with Crippen molar-refractivity contribution in [3.63, 3.8) is 0 Å². The molecule has 0 aromatic carbocycles. The minimum absolute atomic E-state index is 0. The van der Waals surface area contributed by atoms with Crippen molar-refractivity contribution >= 4 is 105 Å².